The van der Waals surface area contributed by atoms with Crippen molar-refractivity contribution in [3.63, 3.8) is 0 Å². The predicted octanol–water partition coefficient (Wildman–Crippen LogP) is 3.37. The number of amides is 1. The van der Waals surface area contributed by atoms with Gasteiger partial charge >= 0.3 is 0 Å². The highest BCUT2D eigenvalue weighted by molar-refractivity contribution is 5.92. The highest BCUT2D eigenvalue weighted by Crippen LogP contribution is 2.12. The molecule has 15 heavy (non-hydrogen) atoms. The number of nitrogens with one attached hydrogen (secondary N) is 1. The number of benzene rings is 1. The van der Waals surface area contributed by atoms with Crippen molar-refractivity contribution in [2.24, 2.45) is 5.92 Å². The largest absolute Gasteiger partial charge is 0.326 e. The normalized spacial score (nSPS) is 12.2. The highest BCUT2D eigenvalue weighted by Gasteiger charge is 2.11. The number of anilines is 1. The number of hydrogen-bond donors (Lipinski definition) is 1. The molecule has 1 aromatic rings. The van der Waals surface area contributed by atoms with E-state index in [9.17, 15) is 4.79 Å². The molecule has 1 atom stereocenters. The molecule has 1 aromatic carbocycles. The SMILES string of the molecule is CCCC(C)C(=O)Nc1ccc(C)cc1. The van der Waals surface area contributed by atoms with Crippen LogP contribution in [0.5, 0.6) is 0 Å². The van der Waals surface area contributed by atoms with Gasteiger partial charge in [-0.05, 0) is 25.5 Å². The van der Waals surface area contributed by atoms with Crippen LogP contribution in [0, 0.1) is 12.8 Å². The molecule has 0 spiro atoms. The first-order valence-electron chi connectivity index (χ1n) is 5.51. The molecule has 1 amide bonds. The van der Waals surface area contributed by atoms with Crippen molar-refractivity contribution in [3.05, 3.63) is 29.8 Å². The lowest BCUT2D eigenvalue weighted by Crippen LogP contribution is -2.20. The standard InChI is InChI=1S/C13H19NO/c1-4-5-11(3)13(15)14-12-8-6-10(2)7-9-12/h6-9,11H,4-5H2,1-3H3,(H,14,15). The lowest BCUT2D eigenvalue weighted by molar-refractivity contribution is -0.119. The van der Waals surface area contributed by atoms with Crippen LogP contribution in [0.2, 0.25) is 0 Å². The third kappa shape index (κ3) is 3.74. The second-order valence-corrected chi connectivity index (χ2v) is 4.04. The summed E-state index contributed by atoms with van der Waals surface area (Å²) in [4.78, 5) is 11.7. The zero-order chi connectivity index (χ0) is 11.3. The van der Waals surface area contributed by atoms with Gasteiger partial charge in [-0.3, -0.25) is 4.79 Å². The first-order chi connectivity index (χ1) is 7.13. The Morgan fingerprint density at radius 1 is 1.33 bits per heavy atom. The van der Waals surface area contributed by atoms with E-state index in [-0.39, 0.29) is 11.8 Å². The fourth-order valence-corrected chi connectivity index (χ4v) is 1.47. The summed E-state index contributed by atoms with van der Waals surface area (Å²) >= 11 is 0. The van der Waals surface area contributed by atoms with Gasteiger partial charge in [0.1, 0.15) is 0 Å². The van der Waals surface area contributed by atoms with E-state index in [0.717, 1.165) is 18.5 Å². The Hall–Kier alpha value is -1.31. The van der Waals surface area contributed by atoms with Crippen molar-refractivity contribution in [2.75, 3.05) is 5.32 Å². The van der Waals surface area contributed by atoms with Gasteiger partial charge in [0.2, 0.25) is 5.91 Å². The molecular formula is C13H19NO. The summed E-state index contributed by atoms with van der Waals surface area (Å²) in [5, 5.41) is 2.91. The van der Waals surface area contributed by atoms with Gasteiger partial charge in [-0.1, -0.05) is 38.0 Å². The van der Waals surface area contributed by atoms with E-state index >= 15 is 0 Å². The first kappa shape index (κ1) is 11.8. The Morgan fingerprint density at radius 3 is 2.47 bits per heavy atom. The summed E-state index contributed by atoms with van der Waals surface area (Å²) in [5.74, 6) is 0.206. The second kappa shape index (κ2) is 5.54. The van der Waals surface area contributed by atoms with Crippen LogP contribution in [0.1, 0.15) is 32.3 Å². The quantitative estimate of drug-likeness (QED) is 0.802. The topological polar surface area (TPSA) is 29.1 Å². The molecule has 2 nitrogen and oxygen atoms in total. The monoisotopic (exact) mass is 205 g/mol. The molecule has 0 heterocycles. The number of hydrogen-bond acceptors (Lipinski definition) is 1. The Bertz CT molecular complexity index is 316. The van der Waals surface area contributed by atoms with Gasteiger partial charge in [0.05, 0.1) is 0 Å². The number of rotatable bonds is 4. The fraction of sp³-hybridized carbons (Fsp3) is 0.462. The maximum absolute atomic E-state index is 11.7. The molecule has 0 aliphatic carbocycles. The van der Waals surface area contributed by atoms with Gasteiger partial charge in [0.15, 0.2) is 0 Å². The predicted molar refractivity (Wildman–Crippen MR) is 63.9 cm³/mol. The van der Waals surface area contributed by atoms with Crippen LogP contribution >= 0.6 is 0 Å². The molecule has 82 valence electrons. The summed E-state index contributed by atoms with van der Waals surface area (Å²) in [7, 11) is 0. The van der Waals surface area contributed by atoms with Gasteiger partial charge in [0, 0.05) is 11.6 Å². The second-order valence-electron chi connectivity index (χ2n) is 4.04. The molecule has 0 aromatic heterocycles. The third-order valence-electron chi connectivity index (χ3n) is 2.49. The summed E-state index contributed by atoms with van der Waals surface area (Å²) < 4.78 is 0. The Labute approximate surface area is 91.7 Å². The molecule has 0 bridgehead atoms. The summed E-state index contributed by atoms with van der Waals surface area (Å²) in [6.45, 7) is 6.09. The minimum absolute atomic E-state index is 0.0938. The molecule has 0 saturated heterocycles. The number of carbonyl (C=O) groups is 1. The summed E-state index contributed by atoms with van der Waals surface area (Å²) in [5.41, 5.74) is 2.09. The van der Waals surface area contributed by atoms with Gasteiger partial charge in [-0.2, -0.15) is 0 Å². The highest BCUT2D eigenvalue weighted by atomic mass is 16.1. The zero-order valence-electron chi connectivity index (χ0n) is 9.71. The van der Waals surface area contributed by atoms with Gasteiger partial charge < -0.3 is 5.32 Å². The summed E-state index contributed by atoms with van der Waals surface area (Å²) in [6.07, 6.45) is 1.99. The number of carbonyl (C=O) groups excluding carboxylic acids is 1. The van der Waals surface area contributed by atoms with Crippen molar-refractivity contribution >= 4 is 11.6 Å². The van der Waals surface area contributed by atoms with Gasteiger partial charge in [-0.25, -0.2) is 0 Å². The smallest absolute Gasteiger partial charge is 0.227 e. The average Bonchev–Trinajstić information content (AvgIpc) is 2.22. The van der Waals surface area contributed by atoms with Crippen molar-refractivity contribution in [1.29, 1.82) is 0 Å². The molecule has 1 N–H and O–H groups in total. The molecule has 2 heteroatoms. The fourth-order valence-electron chi connectivity index (χ4n) is 1.47. The lowest BCUT2D eigenvalue weighted by Gasteiger charge is -2.11. The van der Waals surface area contributed by atoms with E-state index in [0.29, 0.717) is 0 Å². The Morgan fingerprint density at radius 2 is 1.93 bits per heavy atom. The van der Waals surface area contributed by atoms with Gasteiger partial charge in [-0.15, -0.1) is 0 Å². The lowest BCUT2D eigenvalue weighted by atomic mass is 10.1. The Balaban J connectivity index is 2.54. The van der Waals surface area contributed by atoms with E-state index in [1.807, 2.05) is 38.1 Å². The van der Waals surface area contributed by atoms with Crippen LogP contribution in [0.3, 0.4) is 0 Å². The van der Waals surface area contributed by atoms with E-state index in [4.69, 9.17) is 0 Å². The van der Waals surface area contributed by atoms with Crippen molar-refractivity contribution in [3.8, 4) is 0 Å². The molecule has 0 aliphatic rings. The van der Waals surface area contributed by atoms with Crippen LogP contribution in [-0.4, -0.2) is 5.91 Å². The van der Waals surface area contributed by atoms with Gasteiger partial charge in [0.25, 0.3) is 0 Å². The summed E-state index contributed by atoms with van der Waals surface area (Å²) in [6, 6.07) is 7.87. The first-order valence-corrected chi connectivity index (χ1v) is 5.51. The minimum atomic E-state index is 0.0938. The van der Waals surface area contributed by atoms with Crippen LogP contribution in [-0.2, 0) is 4.79 Å². The third-order valence-corrected chi connectivity index (χ3v) is 2.49. The molecule has 0 aliphatic heterocycles. The Kier molecular flexibility index (Phi) is 4.35. The van der Waals surface area contributed by atoms with Crippen LogP contribution in [0.15, 0.2) is 24.3 Å². The van der Waals surface area contributed by atoms with Crippen LogP contribution in [0.25, 0.3) is 0 Å². The molecular weight excluding hydrogens is 186 g/mol. The van der Waals surface area contributed by atoms with Crippen molar-refractivity contribution < 1.29 is 4.79 Å². The van der Waals surface area contributed by atoms with Crippen LogP contribution < -0.4 is 5.32 Å². The molecule has 0 saturated carbocycles. The van der Waals surface area contributed by atoms with E-state index in [2.05, 4.69) is 12.2 Å². The molecule has 1 rings (SSSR count). The maximum atomic E-state index is 11.7. The van der Waals surface area contributed by atoms with E-state index in [1.165, 1.54) is 5.56 Å². The molecule has 0 radical (unpaired) electrons. The van der Waals surface area contributed by atoms with Crippen molar-refractivity contribution in [1.82, 2.24) is 0 Å². The molecule has 1 unspecified atom stereocenters. The number of aryl methyl sites for hydroxylation is 1. The minimum Gasteiger partial charge on any atom is -0.326 e. The van der Waals surface area contributed by atoms with E-state index < -0.39 is 0 Å². The van der Waals surface area contributed by atoms with E-state index in [1.54, 1.807) is 0 Å². The maximum Gasteiger partial charge on any atom is 0.227 e. The van der Waals surface area contributed by atoms with Crippen molar-refractivity contribution in [2.45, 2.75) is 33.6 Å². The average molecular weight is 205 g/mol. The van der Waals surface area contributed by atoms with Crippen LogP contribution in [0.4, 0.5) is 5.69 Å². The molecule has 0 fully saturated rings. The zero-order valence-corrected chi connectivity index (χ0v) is 9.71.